The summed E-state index contributed by atoms with van der Waals surface area (Å²) in [5.41, 5.74) is 0.658. The Labute approximate surface area is 258 Å². The zero-order chi connectivity index (χ0) is 32.8. The van der Waals surface area contributed by atoms with Gasteiger partial charge in [-0.15, -0.1) is 0 Å². The van der Waals surface area contributed by atoms with Gasteiger partial charge in [-0.1, -0.05) is 81.4 Å². The van der Waals surface area contributed by atoms with Crippen molar-refractivity contribution in [3.8, 4) is 0 Å². The number of nitrogens with one attached hydrogen (secondary N) is 1. The van der Waals surface area contributed by atoms with Gasteiger partial charge in [0.25, 0.3) is 11.7 Å². The van der Waals surface area contributed by atoms with Crippen LogP contribution in [0.3, 0.4) is 0 Å². The van der Waals surface area contributed by atoms with Crippen molar-refractivity contribution in [1.82, 2.24) is 15.1 Å². The highest BCUT2D eigenvalue weighted by Crippen LogP contribution is 2.37. The molecule has 0 radical (unpaired) electrons. The Bertz CT molecular complexity index is 1360. The summed E-state index contributed by atoms with van der Waals surface area (Å²) in [5, 5.41) is 2.23. The first-order valence-corrected chi connectivity index (χ1v) is 17.2. The van der Waals surface area contributed by atoms with Gasteiger partial charge in [-0.05, 0) is 29.6 Å². The van der Waals surface area contributed by atoms with Crippen molar-refractivity contribution in [3.05, 3.63) is 78.0 Å². The van der Waals surface area contributed by atoms with Crippen molar-refractivity contribution in [3.63, 3.8) is 0 Å². The Morgan fingerprint density at radius 3 is 2.05 bits per heavy atom. The van der Waals surface area contributed by atoms with E-state index >= 15 is 0 Å². The van der Waals surface area contributed by atoms with Crippen LogP contribution in [0.2, 0.25) is 13.1 Å². The first-order chi connectivity index (χ1) is 20.5. The van der Waals surface area contributed by atoms with Crippen molar-refractivity contribution < 1.29 is 36.8 Å². The van der Waals surface area contributed by atoms with Gasteiger partial charge in [-0.2, -0.15) is 13.2 Å². The maximum absolute atomic E-state index is 14.4. The molecule has 0 saturated heterocycles. The lowest BCUT2D eigenvalue weighted by atomic mass is 9.75. The Balaban J connectivity index is 2.04. The molecule has 2 aromatic carbocycles. The van der Waals surface area contributed by atoms with Crippen molar-refractivity contribution in [2.45, 2.75) is 65.5 Å². The standard InChI is InChI=1S/C32H40F3N3O5Si/c1-21(39)37-18-26(23-15-11-8-12-16-23)38(30(42)28(37)24(31(2,3)4)20-43-44(5)6)19-27(40)36-25(29(41)32(33,34)35)17-22-13-9-7-10-14-22/h7-16,18,24-25,28,44H,17,19-20H2,1-6H3,(H,36,40). The van der Waals surface area contributed by atoms with Gasteiger partial charge in [0, 0.05) is 32.1 Å². The summed E-state index contributed by atoms with van der Waals surface area (Å²) < 4.78 is 46.6. The van der Waals surface area contributed by atoms with Crippen LogP contribution in [0, 0.1) is 11.3 Å². The minimum atomic E-state index is -5.19. The molecule has 0 spiro atoms. The lowest BCUT2D eigenvalue weighted by Crippen LogP contribution is -2.60. The molecule has 0 aromatic heterocycles. The van der Waals surface area contributed by atoms with Gasteiger partial charge in [-0.25, -0.2) is 0 Å². The second-order valence-corrected chi connectivity index (χ2v) is 14.6. The molecule has 8 nitrogen and oxygen atoms in total. The quantitative estimate of drug-likeness (QED) is 0.367. The van der Waals surface area contributed by atoms with Gasteiger partial charge < -0.3 is 14.6 Å². The molecule has 0 aliphatic carbocycles. The summed E-state index contributed by atoms with van der Waals surface area (Å²) in [7, 11) is -1.52. The molecule has 1 aliphatic rings. The third kappa shape index (κ3) is 8.88. The second-order valence-electron chi connectivity index (χ2n) is 12.2. The number of nitrogens with zero attached hydrogens (tertiary/aromatic N) is 2. The number of amides is 3. The third-order valence-corrected chi connectivity index (χ3v) is 8.28. The van der Waals surface area contributed by atoms with Crippen molar-refractivity contribution in [2.75, 3.05) is 13.2 Å². The number of ketones is 1. The van der Waals surface area contributed by atoms with E-state index in [4.69, 9.17) is 4.43 Å². The predicted octanol–water partition coefficient (Wildman–Crippen LogP) is 4.57. The average Bonchev–Trinajstić information content (AvgIpc) is 2.93. The summed E-state index contributed by atoms with van der Waals surface area (Å²) in [6.07, 6.45) is -4.07. The summed E-state index contributed by atoms with van der Waals surface area (Å²) in [6, 6.07) is 13.7. The molecule has 1 N–H and O–H groups in total. The number of rotatable bonds is 11. The molecule has 0 fully saturated rings. The van der Waals surface area contributed by atoms with E-state index in [2.05, 4.69) is 5.32 Å². The molecule has 3 rings (SSSR count). The molecule has 238 valence electrons. The maximum Gasteiger partial charge on any atom is 0.452 e. The molecule has 3 unspecified atom stereocenters. The molecule has 1 aliphatic heterocycles. The monoisotopic (exact) mass is 631 g/mol. The molecular formula is C32H40F3N3O5Si. The summed E-state index contributed by atoms with van der Waals surface area (Å²) in [6.45, 7) is 10.6. The number of Topliss-reactive ketones (excluding diaryl/α,β-unsaturated/α-hetero) is 1. The minimum absolute atomic E-state index is 0.196. The topological polar surface area (TPSA) is 96.0 Å². The number of alkyl halides is 3. The van der Waals surface area contributed by atoms with Crippen LogP contribution >= 0.6 is 0 Å². The normalized spacial score (nSPS) is 17.3. The third-order valence-electron chi connectivity index (χ3n) is 7.42. The molecule has 2 aromatic rings. The first-order valence-electron chi connectivity index (χ1n) is 14.4. The molecule has 3 amide bonds. The maximum atomic E-state index is 14.4. The molecule has 1 heterocycles. The van der Waals surface area contributed by atoms with Crippen LogP contribution in [0.15, 0.2) is 66.9 Å². The number of hydrogen-bond donors (Lipinski definition) is 1. The summed E-state index contributed by atoms with van der Waals surface area (Å²) in [5.74, 6) is -4.50. The fourth-order valence-electron chi connectivity index (χ4n) is 5.09. The van der Waals surface area contributed by atoms with Crippen LogP contribution in [-0.4, -0.2) is 73.8 Å². The van der Waals surface area contributed by atoms with Crippen molar-refractivity contribution in [1.29, 1.82) is 0 Å². The number of hydrogen-bond acceptors (Lipinski definition) is 5. The second kappa shape index (κ2) is 14.3. The van der Waals surface area contributed by atoms with Gasteiger partial charge in [0.2, 0.25) is 11.8 Å². The van der Waals surface area contributed by atoms with Crippen LogP contribution in [0.1, 0.15) is 38.8 Å². The Morgan fingerprint density at radius 1 is 0.977 bits per heavy atom. The zero-order valence-electron chi connectivity index (χ0n) is 25.9. The predicted molar refractivity (Wildman–Crippen MR) is 163 cm³/mol. The van der Waals surface area contributed by atoms with Crippen LogP contribution < -0.4 is 5.32 Å². The molecule has 0 saturated carbocycles. The van der Waals surface area contributed by atoms with E-state index in [-0.39, 0.29) is 18.7 Å². The first kappa shape index (κ1) is 34.7. The zero-order valence-corrected chi connectivity index (χ0v) is 27.0. The fraction of sp³-hybridized carbons (Fsp3) is 0.438. The van der Waals surface area contributed by atoms with Crippen LogP contribution in [0.5, 0.6) is 0 Å². The molecular weight excluding hydrogens is 591 g/mol. The molecule has 44 heavy (non-hydrogen) atoms. The van der Waals surface area contributed by atoms with E-state index < -0.39 is 68.7 Å². The van der Waals surface area contributed by atoms with E-state index in [1.54, 1.807) is 60.7 Å². The number of carbonyl (C=O) groups is 4. The van der Waals surface area contributed by atoms with Gasteiger partial charge in [0.1, 0.15) is 18.6 Å². The highest BCUT2D eigenvalue weighted by atomic mass is 28.3. The van der Waals surface area contributed by atoms with E-state index in [1.807, 2.05) is 33.9 Å². The van der Waals surface area contributed by atoms with E-state index in [0.29, 0.717) is 11.1 Å². The Hall–Kier alpha value is -3.77. The lowest BCUT2D eigenvalue weighted by molar-refractivity contribution is -0.173. The summed E-state index contributed by atoms with van der Waals surface area (Å²) in [4.78, 5) is 55.7. The van der Waals surface area contributed by atoms with Gasteiger partial charge in [-0.3, -0.25) is 24.1 Å². The highest BCUT2D eigenvalue weighted by Gasteiger charge is 2.48. The van der Waals surface area contributed by atoms with Crippen LogP contribution in [0.4, 0.5) is 13.2 Å². The number of halogens is 3. The number of carbonyl (C=O) groups excluding carboxylic acids is 4. The van der Waals surface area contributed by atoms with E-state index in [9.17, 15) is 32.3 Å². The highest BCUT2D eigenvalue weighted by molar-refractivity contribution is 6.48. The van der Waals surface area contributed by atoms with Crippen molar-refractivity contribution in [2.24, 2.45) is 11.3 Å². The van der Waals surface area contributed by atoms with Crippen LogP contribution in [-0.2, 0) is 30.0 Å². The van der Waals surface area contributed by atoms with E-state index in [1.165, 1.54) is 22.9 Å². The molecule has 0 bridgehead atoms. The van der Waals surface area contributed by atoms with Crippen molar-refractivity contribution >= 4 is 38.2 Å². The van der Waals surface area contributed by atoms with E-state index in [0.717, 1.165) is 0 Å². The SMILES string of the molecule is CC(=O)N1C=C(c2ccccc2)N(CC(=O)NC(Cc2ccccc2)C(=O)C(F)(F)F)C(=O)C1C(CO[SiH](C)C)C(C)(C)C. The Kier molecular flexibility index (Phi) is 11.3. The smallest absolute Gasteiger partial charge is 0.420 e. The average molecular weight is 632 g/mol. The molecule has 12 heteroatoms. The van der Waals surface area contributed by atoms with Crippen LogP contribution in [0.25, 0.3) is 5.70 Å². The van der Waals surface area contributed by atoms with Gasteiger partial charge in [0.05, 0.1) is 5.70 Å². The van der Waals surface area contributed by atoms with Gasteiger partial charge >= 0.3 is 6.18 Å². The van der Waals surface area contributed by atoms with Gasteiger partial charge in [0.15, 0.2) is 9.04 Å². The summed E-state index contributed by atoms with van der Waals surface area (Å²) >= 11 is 0. The largest absolute Gasteiger partial charge is 0.452 e. The fourth-order valence-corrected chi connectivity index (χ4v) is 5.68. The Morgan fingerprint density at radius 2 is 1.55 bits per heavy atom. The lowest BCUT2D eigenvalue weighted by Gasteiger charge is -2.46. The number of benzene rings is 2. The minimum Gasteiger partial charge on any atom is -0.420 e. The molecule has 3 atom stereocenters.